The first-order valence-electron chi connectivity index (χ1n) is 26.8. The molecule has 0 aliphatic heterocycles. The van der Waals surface area contributed by atoms with Gasteiger partial charge >= 0.3 is 35.8 Å². The van der Waals surface area contributed by atoms with Gasteiger partial charge in [0.15, 0.2) is 0 Å². The third-order valence-electron chi connectivity index (χ3n) is 11.6. The van der Waals surface area contributed by atoms with Crippen molar-refractivity contribution in [1.29, 1.82) is 0 Å². The zero-order valence-corrected chi connectivity index (χ0v) is 47.0. The van der Waals surface area contributed by atoms with Crippen LogP contribution in [0.4, 0.5) is 0 Å². The zero-order valence-electron chi connectivity index (χ0n) is 47.0. The molecule has 0 fully saturated rings. The van der Waals surface area contributed by atoms with Crippen molar-refractivity contribution in [2.24, 2.45) is 0 Å². The Labute approximate surface area is 488 Å². The van der Waals surface area contributed by atoms with Crippen LogP contribution in [0.2, 0.25) is 0 Å². The van der Waals surface area contributed by atoms with E-state index in [4.69, 9.17) is 28.4 Å². The molecule has 84 heavy (non-hydrogen) atoms. The summed E-state index contributed by atoms with van der Waals surface area (Å²) >= 11 is 0. The summed E-state index contributed by atoms with van der Waals surface area (Å²) in [6.07, 6.45) is 0. The molecule has 12 heteroatoms. The van der Waals surface area contributed by atoms with E-state index in [2.05, 4.69) is 71.0 Å². The highest BCUT2D eigenvalue weighted by molar-refractivity contribution is 5.98. The molecule has 0 N–H and O–H groups in total. The van der Waals surface area contributed by atoms with Gasteiger partial charge in [0.25, 0.3) is 0 Å². The number of rotatable bonds is 12. The minimum Gasteiger partial charge on any atom is -0.462 e. The van der Waals surface area contributed by atoms with E-state index in [1.807, 2.05) is 91.0 Å². The normalized spacial score (nSPS) is 9.79. The minimum absolute atomic E-state index is 0.172. The van der Waals surface area contributed by atoms with E-state index >= 15 is 0 Å². The molecule has 0 heterocycles. The van der Waals surface area contributed by atoms with Crippen LogP contribution in [0.15, 0.2) is 146 Å². The van der Waals surface area contributed by atoms with Crippen molar-refractivity contribution in [3.63, 3.8) is 0 Å². The lowest BCUT2D eigenvalue weighted by atomic mass is 10.0. The number of hydrogen-bond donors (Lipinski definition) is 0. The summed E-state index contributed by atoms with van der Waals surface area (Å²) in [6, 6.07) is 41.3. The van der Waals surface area contributed by atoms with E-state index in [0.717, 1.165) is 0 Å². The summed E-state index contributed by atoms with van der Waals surface area (Å²) in [5, 5.41) is 0. The minimum atomic E-state index is -0.574. The first-order chi connectivity index (χ1) is 40.8. The molecule has 0 saturated carbocycles. The van der Waals surface area contributed by atoms with Crippen molar-refractivity contribution in [3.05, 3.63) is 246 Å². The van der Waals surface area contributed by atoms with Gasteiger partial charge in [-0.15, -0.1) is 0 Å². The van der Waals surface area contributed by atoms with E-state index < -0.39 is 35.8 Å². The standard InChI is InChI=1S/C72H54O12/c1-7-79-67(73)61-40-58(41-62(46-61)68(74)80-8-2)34-28-52-19-13-49(14-20-52)25-31-55-37-56(32-26-50-15-21-53(22-16-50)29-35-59-42-63(69(75)81-9-3)47-64(43-59)70(76)82-10-4)39-57(38-55)33-27-51-17-23-54(24-18-51)30-36-60-44-65(71(77)83-11-5)48-66(45-60)72(78)84-12-6/h13-24,37-48H,7-12H2,1-6H3. The molecular formula is C72H54O12. The van der Waals surface area contributed by atoms with Crippen molar-refractivity contribution < 1.29 is 57.2 Å². The van der Waals surface area contributed by atoms with Crippen LogP contribution in [0.1, 0.15) is 170 Å². The molecule has 7 aromatic carbocycles. The number of benzene rings is 7. The van der Waals surface area contributed by atoms with E-state index in [0.29, 0.717) is 66.8 Å². The molecule has 414 valence electrons. The van der Waals surface area contributed by atoms with Gasteiger partial charge in [0.1, 0.15) is 0 Å². The number of hydrogen-bond acceptors (Lipinski definition) is 12. The molecule has 7 rings (SSSR count). The fourth-order valence-corrected chi connectivity index (χ4v) is 7.71. The number of carbonyl (C=O) groups is 6. The van der Waals surface area contributed by atoms with E-state index in [-0.39, 0.29) is 73.0 Å². The fraction of sp³-hybridized carbons (Fsp3) is 0.167. The monoisotopic (exact) mass is 1110 g/mol. The maximum Gasteiger partial charge on any atom is 0.338 e. The number of carbonyl (C=O) groups excluding carboxylic acids is 6. The van der Waals surface area contributed by atoms with Crippen molar-refractivity contribution in [3.8, 4) is 71.0 Å². The third-order valence-corrected chi connectivity index (χ3v) is 11.6. The van der Waals surface area contributed by atoms with E-state index in [1.54, 1.807) is 77.9 Å². The second kappa shape index (κ2) is 30.3. The van der Waals surface area contributed by atoms with Gasteiger partial charge in [-0.2, -0.15) is 0 Å². The predicted molar refractivity (Wildman–Crippen MR) is 317 cm³/mol. The maximum atomic E-state index is 12.6. The van der Waals surface area contributed by atoms with E-state index in [9.17, 15) is 28.8 Å². The lowest BCUT2D eigenvalue weighted by Gasteiger charge is -2.06. The second-order valence-electron chi connectivity index (χ2n) is 17.8. The van der Waals surface area contributed by atoms with Crippen LogP contribution in [0, 0.1) is 71.0 Å². The van der Waals surface area contributed by atoms with Crippen molar-refractivity contribution >= 4 is 35.8 Å². The van der Waals surface area contributed by atoms with Gasteiger partial charge in [0, 0.05) is 66.8 Å². The highest BCUT2D eigenvalue weighted by Gasteiger charge is 2.17. The van der Waals surface area contributed by atoms with Crippen LogP contribution in [0.5, 0.6) is 0 Å². The highest BCUT2D eigenvalue weighted by atomic mass is 16.5. The van der Waals surface area contributed by atoms with Crippen LogP contribution in [0.25, 0.3) is 0 Å². The van der Waals surface area contributed by atoms with Crippen LogP contribution < -0.4 is 0 Å². The summed E-state index contributed by atoms with van der Waals surface area (Å²) < 4.78 is 31.0. The van der Waals surface area contributed by atoms with E-state index in [1.165, 1.54) is 18.2 Å². The fourth-order valence-electron chi connectivity index (χ4n) is 7.71. The molecule has 0 aliphatic rings. The first-order valence-corrected chi connectivity index (χ1v) is 26.8. The van der Waals surface area contributed by atoms with Gasteiger partial charge in [-0.1, -0.05) is 71.0 Å². The number of ether oxygens (including phenoxy) is 6. The third kappa shape index (κ3) is 17.9. The second-order valence-corrected chi connectivity index (χ2v) is 17.8. The molecule has 0 unspecified atom stereocenters. The summed E-state index contributed by atoms with van der Waals surface area (Å²) in [5.74, 6) is 34.4. The van der Waals surface area contributed by atoms with Crippen molar-refractivity contribution in [1.82, 2.24) is 0 Å². The number of esters is 6. The summed E-state index contributed by atoms with van der Waals surface area (Å²) in [7, 11) is 0. The molecule has 0 radical (unpaired) electrons. The summed E-state index contributed by atoms with van der Waals surface area (Å²) in [4.78, 5) is 75.5. The van der Waals surface area contributed by atoms with Gasteiger partial charge < -0.3 is 28.4 Å². The summed E-state index contributed by atoms with van der Waals surface area (Å²) in [6.45, 7) is 11.2. The Kier molecular flexibility index (Phi) is 21.8. The molecular weight excluding hydrogens is 1060 g/mol. The topological polar surface area (TPSA) is 158 Å². The highest BCUT2D eigenvalue weighted by Crippen LogP contribution is 2.18. The van der Waals surface area contributed by atoms with Crippen LogP contribution in [-0.4, -0.2) is 75.5 Å². The van der Waals surface area contributed by atoms with Crippen LogP contribution in [0.3, 0.4) is 0 Å². The molecule has 7 aromatic rings. The van der Waals surface area contributed by atoms with Gasteiger partial charge in [-0.3, -0.25) is 0 Å². The van der Waals surface area contributed by atoms with Gasteiger partial charge in [0.2, 0.25) is 0 Å². The Balaban J connectivity index is 1.16. The van der Waals surface area contributed by atoms with Gasteiger partial charge in [-0.05, 0) is 187 Å². The maximum absolute atomic E-state index is 12.6. The lowest BCUT2D eigenvalue weighted by Crippen LogP contribution is -2.09. The largest absolute Gasteiger partial charge is 0.462 e. The predicted octanol–water partition coefficient (Wildman–Crippen LogP) is 11.1. The molecule has 0 aromatic heterocycles. The Morgan fingerprint density at radius 3 is 0.488 bits per heavy atom. The molecule has 0 saturated heterocycles. The van der Waals surface area contributed by atoms with Gasteiger partial charge in [0.05, 0.1) is 73.0 Å². The Hall–Kier alpha value is -11.3. The SMILES string of the molecule is CCOC(=O)c1cc(C#Cc2ccc(C#Cc3cc(C#Cc4ccc(C#Cc5cc(C(=O)OCC)cc(C(=O)OCC)c5)cc4)cc(C#Cc4ccc(C#Cc5cc(C(=O)OCC)cc(C(=O)OCC)c5)cc4)c3)cc2)cc(C(=O)OCC)c1. The quantitative estimate of drug-likeness (QED) is 0.0649. The average molecular weight is 1110 g/mol. The Morgan fingerprint density at radius 1 is 0.214 bits per heavy atom. The zero-order chi connectivity index (χ0) is 59.8. The van der Waals surface area contributed by atoms with Crippen molar-refractivity contribution in [2.45, 2.75) is 41.5 Å². The molecule has 12 nitrogen and oxygen atoms in total. The molecule has 0 aliphatic carbocycles. The molecule has 0 amide bonds. The molecule has 0 atom stereocenters. The van der Waals surface area contributed by atoms with Gasteiger partial charge in [-0.25, -0.2) is 28.8 Å². The lowest BCUT2D eigenvalue weighted by molar-refractivity contribution is 0.0506. The first kappa shape index (κ1) is 60.4. The smallest absolute Gasteiger partial charge is 0.338 e. The van der Waals surface area contributed by atoms with Crippen LogP contribution in [-0.2, 0) is 28.4 Å². The Morgan fingerprint density at radius 2 is 0.345 bits per heavy atom. The molecule has 0 spiro atoms. The average Bonchev–Trinajstić information content (AvgIpc) is 3.60. The Bertz CT molecular complexity index is 3520. The van der Waals surface area contributed by atoms with Crippen molar-refractivity contribution in [2.75, 3.05) is 39.6 Å². The van der Waals surface area contributed by atoms with Crippen LogP contribution >= 0.6 is 0 Å². The molecule has 0 bridgehead atoms. The summed E-state index contributed by atoms with van der Waals surface area (Å²) in [5.41, 5.74) is 8.55.